The van der Waals surface area contributed by atoms with Crippen molar-refractivity contribution in [1.82, 2.24) is 0 Å². The van der Waals surface area contributed by atoms with E-state index in [-0.39, 0.29) is 5.91 Å². The third kappa shape index (κ3) is 2.25. The van der Waals surface area contributed by atoms with Gasteiger partial charge < -0.3 is 4.90 Å². The highest BCUT2D eigenvalue weighted by Gasteiger charge is 2.26. The highest BCUT2D eigenvalue weighted by atomic mass is 32.2. The van der Waals surface area contributed by atoms with Crippen molar-refractivity contribution in [3.8, 4) is 6.07 Å². The maximum absolute atomic E-state index is 12.5. The largest absolute Gasteiger partial charge is 0.306 e. The van der Waals surface area contributed by atoms with E-state index in [4.69, 9.17) is 5.26 Å². The maximum atomic E-state index is 12.5. The van der Waals surface area contributed by atoms with Gasteiger partial charge >= 0.3 is 0 Å². The number of hydrogen-bond acceptors (Lipinski definition) is 4. The van der Waals surface area contributed by atoms with Crippen LogP contribution < -0.4 is 4.90 Å². The summed E-state index contributed by atoms with van der Waals surface area (Å²) in [6, 6.07) is 13.2. The number of benzene rings is 1. The molecule has 0 radical (unpaired) electrons. The molecule has 0 atom stereocenters. The van der Waals surface area contributed by atoms with Crippen LogP contribution in [0.5, 0.6) is 0 Å². The molecule has 1 amide bonds. The van der Waals surface area contributed by atoms with Crippen LogP contribution in [0.1, 0.15) is 15.2 Å². The normalized spacial score (nSPS) is 13.7. The Bertz CT molecular complexity index is 658. The quantitative estimate of drug-likeness (QED) is 0.807. The number of thioether (sulfide) groups is 1. The van der Waals surface area contributed by atoms with Crippen LogP contribution in [-0.4, -0.2) is 18.2 Å². The molecule has 0 unspecified atom stereocenters. The molecule has 2 heterocycles. The van der Waals surface area contributed by atoms with E-state index in [0.29, 0.717) is 17.0 Å². The van der Waals surface area contributed by atoms with Gasteiger partial charge in [0.05, 0.1) is 9.90 Å². The molecule has 3 rings (SSSR count). The zero-order valence-electron chi connectivity index (χ0n) is 10.00. The first-order chi connectivity index (χ1) is 9.29. The van der Waals surface area contributed by atoms with E-state index >= 15 is 0 Å². The molecule has 1 aromatic carbocycles. The van der Waals surface area contributed by atoms with Gasteiger partial charge in [0.1, 0.15) is 10.9 Å². The second-order valence-corrected chi connectivity index (χ2v) is 6.48. The number of fused-ring (bicyclic) bond motifs is 1. The molecule has 1 aliphatic heterocycles. The van der Waals surface area contributed by atoms with Crippen LogP contribution in [0.15, 0.2) is 40.6 Å². The predicted octanol–water partition coefficient (Wildman–Crippen LogP) is 3.37. The Morgan fingerprint density at radius 3 is 2.84 bits per heavy atom. The molecule has 5 heteroatoms. The first-order valence-corrected chi connectivity index (χ1v) is 7.63. The minimum Gasteiger partial charge on any atom is -0.306 e. The zero-order valence-corrected chi connectivity index (χ0v) is 11.6. The van der Waals surface area contributed by atoms with Gasteiger partial charge in [0.2, 0.25) is 0 Å². The van der Waals surface area contributed by atoms with E-state index in [0.717, 1.165) is 15.6 Å². The Morgan fingerprint density at radius 1 is 1.32 bits per heavy atom. The van der Waals surface area contributed by atoms with Gasteiger partial charge in [-0.3, -0.25) is 4.79 Å². The number of carbonyl (C=O) groups excluding carboxylic acids is 1. The lowest BCUT2D eigenvalue weighted by atomic mass is 10.2. The fraction of sp³-hybridized carbons (Fsp3) is 0.143. The highest BCUT2D eigenvalue weighted by Crippen LogP contribution is 2.41. The average molecular weight is 286 g/mol. The van der Waals surface area contributed by atoms with Crippen LogP contribution in [0.25, 0.3) is 0 Å². The van der Waals surface area contributed by atoms with E-state index in [1.165, 1.54) is 11.3 Å². The fourth-order valence-electron chi connectivity index (χ4n) is 2.01. The molecule has 2 aromatic rings. The van der Waals surface area contributed by atoms with Crippen molar-refractivity contribution in [3.63, 3.8) is 0 Å². The van der Waals surface area contributed by atoms with E-state index in [1.807, 2.05) is 36.4 Å². The molecule has 0 saturated heterocycles. The second kappa shape index (κ2) is 5.08. The molecular formula is C14H10N2OS2. The molecule has 94 valence electrons. The summed E-state index contributed by atoms with van der Waals surface area (Å²) in [5.74, 6) is 0.876. The van der Waals surface area contributed by atoms with Crippen LogP contribution in [0.2, 0.25) is 0 Å². The molecule has 0 N–H and O–H groups in total. The van der Waals surface area contributed by atoms with Gasteiger partial charge in [0.25, 0.3) is 5.91 Å². The van der Waals surface area contributed by atoms with Crippen molar-refractivity contribution >= 4 is 34.7 Å². The Labute approximate surface area is 119 Å². The number of rotatable bonds is 1. The van der Waals surface area contributed by atoms with Gasteiger partial charge in [0.15, 0.2) is 0 Å². The number of hydrogen-bond donors (Lipinski definition) is 0. The lowest BCUT2D eigenvalue weighted by Gasteiger charge is -2.26. The van der Waals surface area contributed by atoms with Crippen LogP contribution in [0.4, 0.5) is 5.69 Å². The van der Waals surface area contributed by atoms with Crippen molar-refractivity contribution in [2.75, 3.05) is 17.2 Å². The van der Waals surface area contributed by atoms with E-state index in [1.54, 1.807) is 16.7 Å². The monoisotopic (exact) mass is 286 g/mol. The summed E-state index contributed by atoms with van der Waals surface area (Å²) in [5, 5.41) is 8.98. The van der Waals surface area contributed by atoms with Crippen molar-refractivity contribution in [2.45, 2.75) is 4.21 Å². The highest BCUT2D eigenvalue weighted by molar-refractivity contribution is 8.01. The summed E-state index contributed by atoms with van der Waals surface area (Å²) in [7, 11) is 0. The summed E-state index contributed by atoms with van der Waals surface area (Å²) in [6.07, 6.45) is 0. The second-order valence-electron chi connectivity index (χ2n) is 4.07. The first kappa shape index (κ1) is 12.3. The third-order valence-corrected chi connectivity index (χ3v) is 5.18. The summed E-state index contributed by atoms with van der Waals surface area (Å²) >= 11 is 3.17. The number of nitrogens with zero attached hydrogens (tertiary/aromatic N) is 2. The molecule has 19 heavy (non-hydrogen) atoms. The van der Waals surface area contributed by atoms with Crippen LogP contribution in [-0.2, 0) is 0 Å². The predicted molar refractivity (Wildman–Crippen MR) is 77.9 cm³/mol. The number of nitriles is 1. The minimum atomic E-state index is 0.00411. The van der Waals surface area contributed by atoms with Gasteiger partial charge in [-0.1, -0.05) is 18.2 Å². The molecule has 0 fully saturated rings. The van der Waals surface area contributed by atoms with Crippen molar-refractivity contribution < 1.29 is 4.79 Å². The van der Waals surface area contributed by atoms with Crippen LogP contribution in [0.3, 0.4) is 0 Å². The molecule has 0 aliphatic carbocycles. The SMILES string of the molecule is N#Cc1cc2c(s1)SCCN2C(=O)c1ccccc1. The average Bonchev–Trinajstić information content (AvgIpc) is 2.90. The molecule has 0 bridgehead atoms. The van der Waals surface area contributed by atoms with Crippen molar-refractivity contribution in [3.05, 3.63) is 46.8 Å². The number of thiophene rings is 1. The Balaban J connectivity index is 1.98. The number of carbonyl (C=O) groups is 1. The van der Waals surface area contributed by atoms with E-state index in [9.17, 15) is 4.79 Å². The van der Waals surface area contributed by atoms with Gasteiger partial charge in [-0.05, 0) is 18.2 Å². The smallest absolute Gasteiger partial charge is 0.258 e. The molecule has 0 spiro atoms. The van der Waals surface area contributed by atoms with Crippen molar-refractivity contribution in [2.24, 2.45) is 0 Å². The van der Waals surface area contributed by atoms with Crippen LogP contribution in [0, 0.1) is 11.3 Å². The Morgan fingerprint density at radius 2 is 2.11 bits per heavy atom. The summed E-state index contributed by atoms with van der Waals surface area (Å²) in [4.78, 5) is 14.9. The lowest BCUT2D eigenvalue weighted by molar-refractivity contribution is 0.0988. The van der Waals surface area contributed by atoms with E-state index in [2.05, 4.69) is 6.07 Å². The van der Waals surface area contributed by atoms with Gasteiger partial charge in [-0.25, -0.2) is 0 Å². The Kier molecular flexibility index (Phi) is 3.28. The van der Waals surface area contributed by atoms with Gasteiger partial charge in [-0.2, -0.15) is 5.26 Å². The minimum absolute atomic E-state index is 0.00411. The van der Waals surface area contributed by atoms with Crippen LogP contribution >= 0.6 is 23.1 Å². The molecular weight excluding hydrogens is 276 g/mol. The standard InChI is InChI=1S/C14H10N2OS2/c15-9-11-8-12-14(19-11)18-7-6-16(12)13(17)10-4-2-1-3-5-10/h1-5,8H,6-7H2. The topological polar surface area (TPSA) is 44.1 Å². The maximum Gasteiger partial charge on any atom is 0.258 e. The first-order valence-electron chi connectivity index (χ1n) is 5.83. The van der Waals surface area contributed by atoms with E-state index < -0.39 is 0 Å². The van der Waals surface area contributed by atoms with Gasteiger partial charge in [-0.15, -0.1) is 23.1 Å². The lowest BCUT2D eigenvalue weighted by Crippen LogP contribution is -2.34. The molecule has 1 aliphatic rings. The molecule has 0 saturated carbocycles. The summed E-state index contributed by atoms with van der Waals surface area (Å²) < 4.78 is 1.06. The van der Waals surface area contributed by atoms with Gasteiger partial charge in [0, 0.05) is 17.9 Å². The fourth-order valence-corrected chi connectivity index (χ4v) is 4.23. The third-order valence-electron chi connectivity index (χ3n) is 2.89. The van der Waals surface area contributed by atoms with Crippen molar-refractivity contribution in [1.29, 1.82) is 5.26 Å². The molecule has 1 aromatic heterocycles. The summed E-state index contributed by atoms with van der Waals surface area (Å²) in [6.45, 7) is 0.687. The zero-order chi connectivity index (χ0) is 13.2. The summed E-state index contributed by atoms with van der Waals surface area (Å²) in [5.41, 5.74) is 1.57. The Hall–Kier alpha value is -1.77. The number of anilines is 1. The number of amides is 1. The molecule has 3 nitrogen and oxygen atoms in total.